The number of hydrogen-bond donors (Lipinski definition) is 2. The lowest BCUT2D eigenvalue weighted by atomic mass is 9.77. The Hall–Kier alpha value is -0.750. The fourth-order valence-corrected chi connectivity index (χ4v) is 3.90. The first-order valence-corrected chi connectivity index (χ1v) is 7.58. The first-order valence-electron chi connectivity index (χ1n) is 6.43. The standard InChI is InChI=1S/C12H20N2O3S/c1-2-12(4-3-5-13-7-12)11(17)14-8-18-6-9(14)10(15)16/h9,13H,2-8H2,1H3,(H,15,16)/t9-,12?/m0/s1. The molecule has 0 spiro atoms. The molecule has 0 aliphatic carbocycles. The summed E-state index contributed by atoms with van der Waals surface area (Å²) in [6.07, 6.45) is 2.62. The summed E-state index contributed by atoms with van der Waals surface area (Å²) < 4.78 is 0. The number of hydrogen-bond acceptors (Lipinski definition) is 4. The van der Waals surface area contributed by atoms with E-state index in [-0.39, 0.29) is 5.91 Å². The van der Waals surface area contributed by atoms with E-state index in [1.54, 1.807) is 4.90 Å². The second kappa shape index (κ2) is 5.48. The summed E-state index contributed by atoms with van der Waals surface area (Å²) in [5, 5.41) is 12.4. The van der Waals surface area contributed by atoms with Gasteiger partial charge in [-0.3, -0.25) is 4.79 Å². The van der Waals surface area contributed by atoms with E-state index in [1.165, 1.54) is 11.8 Å². The van der Waals surface area contributed by atoms with Gasteiger partial charge >= 0.3 is 5.97 Å². The molecular formula is C12H20N2O3S. The number of carboxylic acids is 1. The van der Waals surface area contributed by atoms with Crippen molar-refractivity contribution in [3.63, 3.8) is 0 Å². The number of thioether (sulfide) groups is 1. The van der Waals surface area contributed by atoms with Crippen molar-refractivity contribution >= 4 is 23.6 Å². The molecule has 0 radical (unpaired) electrons. The highest BCUT2D eigenvalue weighted by Gasteiger charge is 2.45. The molecule has 102 valence electrons. The summed E-state index contributed by atoms with van der Waals surface area (Å²) in [5.41, 5.74) is -0.392. The van der Waals surface area contributed by atoms with Crippen molar-refractivity contribution in [3.8, 4) is 0 Å². The average molecular weight is 272 g/mol. The molecule has 0 aromatic heterocycles. The minimum Gasteiger partial charge on any atom is -0.480 e. The molecule has 1 amide bonds. The molecule has 5 nitrogen and oxygen atoms in total. The van der Waals surface area contributed by atoms with Gasteiger partial charge in [0.1, 0.15) is 6.04 Å². The maximum absolute atomic E-state index is 12.7. The number of amides is 1. The average Bonchev–Trinajstić information content (AvgIpc) is 2.88. The van der Waals surface area contributed by atoms with E-state index in [9.17, 15) is 9.59 Å². The summed E-state index contributed by atoms with van der Waals surface area (Å²) in [6.45, 7) is 3.64. The summed E-state index contributed by atoms with van der Waals surface area (Å²) >= 11 is 1.52. The fourth-order valence-electron chi connectivity index (χ4n) is 2.76. The molecule has 0 aromatic rings. The van der Waals surface area contributed by atoms with Gasteiger partial charge in [0.25, 0.3) is 0 Å². The van der Waals surface area contributed by atoms with Crippen molar-refractivity contribution < 1.29 is 14.7 Å². The number of piperidine rings is 1. The van der Waals surface area contributed by atoms with Crippen molar-refractivity contribution in [2.24, 2.45) is 5.41 Å². The minimum atomic E-state index is -0.886. The van der Waals surface area contributed by atoms with E-state index in [1.807, 2.05) is 6.92 Å². The molecule has 2 aliphatic heterocycles. The molecular weight excluding hydrogens is 252 g/mol. The van der Waals surface area contributed by atoms with Crippen molar-refractivity contribution in [2.45, 2.75) is 32.2 Å². The largest absolute Gasteiger partial charge is 0.480 e. The fraction of sp³-hybridized carbons (Fsp3) is 0.833. The SMILES string of the molecule is CCC1(C(=O)N2CSC[C@H]2C(=O)O)CCCNC1. The van der Waals surface area contributed by atoms with E-state index in [4.69, 9.17) is 5.11 Å². The molecule has 1 unspecified atom stereocenters. The molecule has 2 atom stereocenters. The van der Waals surface area contributed by atoms with Gasteiger partial charge in [-0.05, 0) is 25.8 Å². The smallest absolute Gasteiger partial charge is 0.327 e. The zero-order chi connectivity index (χ0) is 13.2. The van der Waals surface area contributed by atoms with Crippen LogP contribution in [0.25, 0.3) is 0 Å². The summed E-state index contributed by atoms with van der Waals surface area (Å²) in [6, 6.07) is -0.646. The van der Waals surface area contributed by atoms with Crippen LogP contribution in [0.1, 0.15) is 26.2 Å². The second-order valence-electron chi connectivity index (χ2n) is 5.04. The van der Waals surface area contributed by atoms with Gasteiger partial charge in [0, 0.05) is 12.3 Å². The highest BCUT2D eigenvalue weighted by Crippen LogP contribution is 2.35. The van der Waals surface area contributed by atoms with Crippen LogP contribution in [0.3, 0.4) is 0 Å². The first kappa shape index (κ1) is 13.7. The van der Waals surface area contributed by atoms with E-state index >= 15 is 0 Å². The number of carboxylic acid groups (broad SMARTS) is 1. The summed E-state index contributed by atoms with van der Waals surface area (Å²) in [7, 11) is 0. The monoisotopic (exact) mass is 272 g/mol. The zero-order valence-corrected chi connectivity index (χ0v) is 11.5. The normalized spacial score (nSPS) is 32.5. The van der Waals surface area contributed by atoms with Gasteiger partial charge in [0.05, 0.1) is 11.3 Å². The molecule has 2 saturated heterocycles. The topological polar surface area (TPSA) is 69.6 Å². The van der Waals surface area contributed by atoms with Crippen LogP contribution in [0.4, 0.5) is 0 Å². The van der Waals surface area contributed by atoms with Crippen LogP contribution in [0.15, 0.2) is 0 Å². The maximum Gasteiger partial charge on any atom is 0.327 e. The van der Waals surface area contributed by atoms with E-state index in [0.717, 1.165) is 25.8 Å². The number of carbonyl (C=O) groups is 2. The molecule has 2 heterocycles. The van der Waals surface area contributed by atoms with Gasteiger partial charge < -0.3 is 15.3 Å². The quantitative estimate of drug-likeness (QED) is 0.793. The minimum absolute atomic E-state index is 0.0228. The van der Waals surface area contributed by atoms with Crippen LogP contribution in [-0.4, -0.2) is 52.6 Å². The predicted molar refractivity (Wildman–Crippen MR) is 70.4 cm³/mol. The van der Waals surface area contributed by atoms with E-state index in [2.05, 4.69) is 5.32 Å². The Morgan fingerprint density at radius 1 is 1.56 bits per heavy atom. The molecule has 2 N–H and O–H groups in total. The predicted octanol–water partition coefficient (Wildman–Crippen LogP) is 0.752. The highest BCUT2D eigenvalue weighted by atomic mass is 32.2. The van der Waals surface area contributed by atoms with Gasteiger partial charge in [-0.25, -0.2) is 4.79 Å². The van der Waals surface area contributed by atoms with Crippen LogP contribution < -0.4 is 5.32 Å². The summed E-state index contributed by atoms with van der Waals surface area (Å²) in [4.78, 5) is 25.4. The van der Waals surface area contributed by atoms with Gasteiger partial charge in [-0.1, -0.05) is 6.92 Å². The Labute approximate surface area is 111 Å². The lowest BCUT2D eigenvalue weighted by molar-refractivity contribution is -0.153. The second-order valence-corrected chi connectivity index (χ2v) is 6.04. The molecule has 0 bridgehead atoms. The van der Waals surface area contributed by atoms with Crippen LogP contribution in [0.5, 0.6) is 0 Å². The van der Waals surface area contributed by atoms with Crippen molar-refractivity contribution in [3.05, 3.63) is 0 Å². The molecule has 2 rings (SSSR count). The molecule has 18 heavy (non-hydrogen) atoms. The van der Waals surface area contributed by atoms with Crippen LogP contribution in [-0.2, 0) is 9.59 Å². The van der Waals surface area contributed by atoms with Crippen molar-refractivity contribution in [1.82, 2.24) is 10.2 Å². The number of carbonyl (C=O) groups excluding carboxylic acids is 1. The molecule has 2 fully saturated rings. The first-order chi connectivity index (χ1) is 8.60. The van der Waals surface area contributed by atoms with Crippen LogP contribution >= 0.6 is 11.8 Å². The number of nitrogens with one attached hydrogen (secondary N) is 1. The van der Waals surface area contributed by atoms with Crippen LogP contribution in [0, 0.1) is 5.41 Å². The van der Waals surface area contributed by atoms with E-state index in [0.29, 0.717) is 18.2 Å². The molecule has 0 saturated carbocycles. The van der Waals surface area contributed by atoms with Gasteiger partial charge in [-0.15, -0.1) is 11.8 Å². The van der Waals surface area contributed by atoms with Crippen molar-refractivity contribution in [2.75, 3.05) is 24.7 Å². The lowest BCUT2D eigenvalue weighted by Gasteiger charge is -2.39. The Bertz CT molecular complexity index is 342. The molecule has 2 aliphatic rings. The Morgan fingerprint density at radius 2 is 2.33 bits per heavy atom. The zero-order valence-electron chi connectivity index (χ0n) is 10.6. The lowest BCUT2D eigenvalue weighted by Crippen LogP contribution is -2.54. The number of rotatable bonds is 3. The van der Waals surface area contributed by atoms with Crippen LogP contribution in [0.2, 0.25) is 0 Å². The van der Waals surface area contributed by atoms with Crippen molar-refractivity contribution in [1.29, 1.82) is 0 Å². The van der Waals surface area contributed by atoms with Gasteiger partial charge in [-0.2, -0.15) is 0 Å². The third kappa shape index (κ3) is 2.36. The molecule has 0 aromatic carbocycles. The Morgan fingerprint density at radius 3 is 2.89 bits per heavy atom. The van der Waals surface area contributed by atoms with Gasteiger partial charge in [0.2, 0.25) is 5.91 Å². The number of nitrogens with zero attached hydrogens (tertiary/aromatic N) is 1. The van der Waals surface area contributed by atoms with Gasteiger partial charge in [0.15, 0.2) is 0 Å². The Kier molecular flexibility index (Phi) is 4.17. The molecule has 6 heteroatoms. The summed E-state index contributed by atoms with van der Waals surface area (Å²) in [5.74, 6) is 0.157. The van der Waals surface area contributed by atoms with E-state index < -0.39 is 17.4 Å². The highest BCUT2D eigenvalue weighted by molar-refractivity contribution is 7.99. The maximum atomic E-state index is 12.7. The third-order valence-corrected chi connectivity index (χ3v) is 5.04. The number of aliphatic carboxylic acids is 1. The Balaban J connectivity index is 2.15. The third-order valence-electron chi connectivity index (χ3n) is 4.03.